The molecule has 7 heterocycles. The molecule has 0 bridgehead atoms. The molecule has 0 saturated heterocycles. The second kappa shape index (κ2) is 58.0. The van der Waals surface area contributed by atoms with E-state index in [1.165, 1.54) is 107 Å². The van der Waals surface area contributed by atoms with Crippen molar-refractivity contribution in [3.63, 3.8) is 0 Å². The number of nitriles is 1. The Morgan fingerprint density at radius 2 is 0.731 bits per heavy atom. The Labute approximate surface area is 936 Å². The van der Waals surface area contributed by atoms with E-state index in [1.54, 1.807) is 55.1 Å². The van der Waals surface area contributed by atoms with Crippen molar-refractivity contribution in [3.05, 3.63) is 494 Å². The van der Waals surface area contributed by atoms with Gasteiger partial charge in [-0.1, -0.05) is 198 Å². The average molecular weight is 3150 g/mol. The Balaban J connectivity index is 0.000000223. The molecule has 22 rings (SSSR count). The van der Waals surface area contributed by atoms with E-state index >= 15 is 0 Å². The van der Waals surface area contributed by atoms with Gasteiger partial charge < -0.3 is 45.1 Å². The van der Waals surface area contributed by atoms with Crippen molar-refractivity contribution in [1.82, 2.24) is 34.9 Å². The number of hydrogen-bond acceptors (Lipinski definition) is 12. The van der Waals surface area contributed by atoms with Crippen LogP contribution in [0.2, 0.25) is 0 Å². The van der Waals surface area contributed by atoms with Crippen LogP contribution in [-0.4, -0.2) is 56.7 Å². The average Bonchev–Trinajstić information content (AvgIpc) is 0.719. The molecule has 1 aliphatic rings. The molecule has 2 N–H and O–H groups in total. The van der Waals surface area contributed by atoms with Crippen molar-refractivity contribution in [2.45, 2.75) is 60.8 Å². The van der Waals surface area contributed by atoms with Crippen LogP contribution < -0.4 is 0 Å². The van der Waals surface area contributed by atoms with Gasteiger partial charge in [0.1, 0.15) is 5.69 Å². The molecule has 23 heteroatoms. The summed E-state index contributed by atoms with van der Waals surface area (Å²) in [6.07, 6.45) is 14.9. The quantitative estimate of drug-likeness (QED) is 0.0832. The molecule has 737 valence electrons. The van der Waals surface area contributed by atoms with Gasteiger partial charge in [0.25, 0.3) is 0 Å². The summed E-state index contributed by atoms with van der Waals surface area (Å²) in [5.41, 5.74) is 18.7. The summed E-state index contributed by atoms with van der Waals surface area (Å²) >= 11 is 0. The minimum Gasteiger partial charge on any atom is -0.512 e. The van der Waals surface area contributed by atoms with Gasteiger partial charge in [-0.15, -0.1) is 207 Å². The molecule has 0 spiro atoms. The van der Waals surface area contributed by atoms with Crippen LogP contribution >= 0.6 is 0 Å². The number of benzene rings is 14. The molecule has 0 saturated carbocycles. The molecule has 21 aromatic rings. The summed E-state index contributed by atoms with van der Waals surface area (Å²) in [5, 5.41) is 41.3. The molecule has 0 atom stereocenters. The van der Waals surface area contributed by atoms with Crippen LogP contribution in [0.1, 0.15) is 69.4 Å². The number of pyridine rings is 7. The summed E-state index contributed by atoms with van der Waals surface area (Å²) in [6.45, 7) is 21.5. The maximum atomic E-state index is 13.2. The maximum Gasteiger partial charge on any atom is 0.155 e. The molecule has 0 unspecified atom stereocenters. The number of aliphatic hydroxyl groups excluding tert-OH is 2. The Morgan fingerprint density at radius 3 is 1.11 bits per heavy atom. The predicted molar refractivity (Wildman–Crippen MR) is 549 cm³/mol. The summed E-state index contributed by atoms with van der Waals surface area (Å²) in [6, 6.07) is 128. The number of carbonyl (C=O) groups is 2. The van der Waals surface area contributed by atoms with Crippen LogP contribution in [0.4, 0.5) is 18.9 Å². The molecule has 13 nitrogen and oxygen atoms in total. The van der Waals surface area contributed by atoms with Gasteiger partial charge in [-0.3, -0.25) is 18.8 Å². The van der Waals surface area contributed by atoms with Crippen LogP contribution in [-0.2, 0) is 156 Å². The molecular formula is C122H89F3Ir7N9O4-7. The topological polar surface area (TPSA) is 193 Å². The van der Waals surface area contributed by atoms with Crippen LogP contribution in [0.15, 0.2) is 395 Å². The maximum absolute atomic E-state index is 13.2. The Bertz CT molecular complexity index is 7900. The van der Waals surface area contributed by atoms with Crippen molar-refractivity contribution >= 4 is 92.7 Å². The molecule has 0 amide bonds. The van der Waals surface area contributed by atoms with Crippen molar-refractivity contribution in [2.75, 3.05) is 0 Å². The van der Waals surface area contributed by atoms with Crippen LogP contribution in [0.25, 0.3) is 159 Å². The third kappa shape index (κ3) is 31.6. The number of allylic oxidation sites excluding steroid dienone is 4. The first-order valence-corrected chi connectivity index (χ1v) is 44.0. The van der Waals surface area contributed by atoms with Gasteiger partial charge in [-0.2, -0.15) is 6.07 Å². The first kappa shape index (κ1) is 119. The van der Waals surface area contributed by atoms with Gasteiger partial charge in [-0.05, 0) is 202 Å². The minimum atomic E-state index is -0.722. The monoisotopic (exact) mass is 3150 g/mol. The summed E-state index contributed by atoms with van der Waals surface area (Å²) in [4.78, 5) is 54.4. The van der Waals surface area contributed by atoms with Crippen molar-refractivity contribution < 1.29 is 174 Å². The van der Waals surface area contributed by atoms with Crippen LogP contribution in [0.3, 0.4) is 0 Å². The van der Waals surface area contributed by atoms with Crippen molar-refractivity contribution in [1.29, 1.82) is 5.26 Å². The van der Waals surface area contributed by atoms with Crippen molar-refractivity contribution in [2.24, 2.45) is 0 Å². The zero-order valence-electron chi connectivity index (χ0n) is 79.1. The number of hydrogen-bond donors (Lipinski definition) is 2. The summed E-state index contributed by atoms with van der Waals surface area (Å²) in [7, 11) is 0. The third-order valence-corrected chi connectivity index (χ3v) is 21.9. The van der Waals surface area contributed by atoms with E-state index < -0.39 is 11.6 Å². The van der Waals surface area contributed by atoms with E-state index in [1.807, 2.05) is 195 Å². The number of aromatic nitrogens is 7. The number of nitrogens with zero attached hydrogens (tertiary/aromatic N) is 9. The number of carbonyl (C=O) groups excluding carboxylic acids is 2. The largest absolute Gasteiger partial charge is 0.512 e. The van der Waals surface area contributed by atoms with Gasteiger partial charge in [-0.25, -0.2) is 14.0 Å². The normalized spacial score (nSPS) is 10.7. The third-order valence-electron chi connectivity index (χ3n) is 21.9. The predicted octanol–water partition coefficient (Wildman–Crippen LogP) is 30.1. The van der Waals surface area contributed by atoms with Crippen molar-refractivity contribution in [3.8, 4) is 84.9 Å². The fraction of sp³-hybridized carbons (Fsp3) is 0.0738. The van der Waals surface area contributed by atoms with Gasteiger partial charge in [0, 0.05) is 220 Å². The van der Waals surface area contributed by atoms with E-state index in [4.69, 9.17) is 22.0 Å². The molecule has 0 fully saturated rings. The SMILES string of the molecule is CC(=O)C=C(C)O.CC(=O)C=C(C)O.CC1(C)c2ccc[c-]c2-c2nccc3cccc1c23.Cc1[c-]c(-c2nccc3ccccc23)cc(C)c1.Fc1[c-]c(-c2nccc3ccccc23)cc(F)c1.Fc1c[c-]c(-c2nccc3ccccc23)cc1.N#Cc1c[c-]c(-c2nccc3ccccc23)cc1.[C-]#[N+]c1cc[c-]c(-c2nccc3ccccc23)c1.[Ir].[Ir].[Ir].[Ir].[Ir].[Ir].[Ir].[c-]1ccccc1-c1nccc2ccccc12. The molecule has 14 aromatic carbocycles. The van der Waals surface area contributed by atoms with Gasteiger partial charge in [0.2, 0.25) is 0 Å². The fourth-order valence-electron chi connectivity index (χ4n) is 15.9. The molecule has 145 heavy (non-hydrogen) atoms. The van der Waals surface area contributed by atoms with Crippen LogP contribution in [0.5, 0.6) is 0 Å². The van der Waals surface area contributed by atoms with Gasteiger partial charge in [0.15, 0.2) is 11.6 Å². The van der Waals surface area contributed by atoms with E-state index in [9.17, 15) is 22.8 Å². The number of ketones is 2. The van der Waals surface area contributed by atoms with E-state index in [0.29, 0.717) is 22.5 Å². The van der Waals surface area contributed by atoms with E-state index in [-0.39, 0.29) is 175 Å². The minimum absolute atomic E-state index is 0. The summed E-state index contributed by atoms with van der Waals surface area (Å²) < 4.78 is 39.3. The fourth-order valence-corrected chi connectivity index (χ4v) is 15.9. The molecular weight excluding hydrogens is 3060 g/mol. The number of rotatable bonds is 8. The zero-order valence-corrected chi connectivity index (χ0v) is 95.8. The number of halogens is 3. The van der Waals surface area contributed by atoms with Gasteiger partial charge in [0.05, 0.1) is 18.1 Å². The first-order valence-electron chi connectivity index (χ1n) is 44.0. The van der Waals surface area contributed by atoms with Crippen LogP contribution in [0, 0.1) is 91.7 Å². The number of fused-ring (bicyclic) bond motifs is 8. The smallest absolute Gasteiger partial charge is 0.155 e. The second-order valence-corrected chi connectivity index (χ2v) is 32.4. The van der Waals surface area contributed by atoms with Gasteiger partial charge >= 0.3 is 0 Å². The number of aryl methyl sites for hydroxylation is 2. The van der Waals surface area contributed by atoms with E-state index in [0.717, 1.165) is 122 Å². The Kier molecular flexibility index (Phi) is 47.4. The first-order chi connectivity index (χ1) is 67.0. The standard InChI is InChI=1S/C18H14N.C17H14N.2C16H9N2.C15H8F2N.C15H9FN.C15H10N.2C5H8O2.7Ir/c1-18(2)14-8-4-3-7-13(14)17-16-12(10-11-19-17)6-5-9-15(16)18;1-12-9-13(2)11-15(10-12)17-16-6-4-3-5-14(16)7-8-18-17;1-17-14-7-4-6-13(11-14)16-15-8-3-2-5-12(15)9-10-18-16;17-11-12-5-7-14(8-6-12)16-15-4-2-1-3-13(15)9-10-18-16;16-12-7-11(8-13(17)9-12)15-14-4-2-1-3-10(14)5-6-18-15;16-13-7-5-12(6-8-13)15-14-4-2-1-3-11(14)9-10-17-15;1-2-7-13(8-3-1)15-14-9-5-4-6-12(14)10-11-16-15;2*1-4(6)3-5(2)7;;;;;;;/h3-6,8-11H,1-2H3;3-10H,1-2H3;2-5,7-11H;1-7,9-10H;1-7,9H;1-5,7-10H;1-7,9-11H;2*3,6H,1-2H3;;;;;;;/q7*-1;;;;;;;;;. The molecule has 7 radical (unpaired) electrons. The molecule has 7 aromatic heterocycles. The van der Waals surface area contributed by atoms with E-state index in [2.05, 4.69) is 213 Å². The summed E-state index contributed by atoms with van der Waals surface area (Å²) in [5.74, 6) is -1.76. The second-order valence-electron chi connectivity index (χ2n) is 32.4. The Hall–Kier alpha value is -13.3. The molecule has 0 aliphatic heterocycles. The molecule has 1 aliphatic carbocycles. The zero-order chi connectivity index (χ0) is 97.0. The Morgan fingerprint density at radius 1 is 0.359 bits per heavy atom. The number of aliphatic hydroxyl groups is 2.